The fourth-order valence-corrected chi connectivity index (χ4v) is 14.1. The van der Waals surface area contributed by atoms with E-state index in [0.29, 0.717) is 48.5 Å². The number of fused-ring (bicyclic) bond motifs is 3. The third-order valence-electron chi connectivity index (χ3n) is 12.9. The van der Waals surface area contributed by atoms with Crippen molar-refractivity contribution >= 4 is 53.7 Å². The number of carbonyl (C=O) groups excluding carboxylic acids is 3. The molecule has 4 aromatic carbocycles. The van der Waals surface area contributed by atoms with E-state index < -0.39 is 30.6 Å². The molecule has 0 saturated carbocycles. The molecule has 1 N–H and O–H groups in total. The first-order chi connectivity index (χ1) is 27.4. The van der Waals surface area contributed by atoms with Gasteiger partial charge in [0.1, 0.15) is 5.75 Å². The van der Waals surface area contributed by atoms with E-state index in [4.69, 9.17) is 9.47 Å². The van der Waals surface area contributed by atoms with Gasteiger partial charge in [0.05, 0.1) is 63.2 Å². The summed E-state index contributed by atoms with van der Waals surface area (Å²) in [5, 5.41) is 23.5. The number of hydrogen-bond donors (Lipinski definition) is 1. The smallest absolute Gasteiger partial charge is 0.269 e. The van der Waals surface area contributed by atoms with Crippen LogP contribution in [0.25, 0.3) is 0 Å². The van der Waals surface area contributed by atoms with Crippen molar-refractivity contribution in [2.75, 3.05) is 30.1 Å². The molecule has 2 saturated heterocycles. The number of para-hydroxylation sites is 1. The molecule has 4 aliphatic heterocycles. The first-order valence-electron chi connectivity index (χ1n) is 19.7. The van der Waals surface area contributed by atoms with Crippen LogP contribution < -0.4 is 19.7 Å². The molecule has 3 amide bonds. The van der Waals surface area contributed by atoms with E-state index >= 15 is 4.79 Å². The normalized spacial score (nSPS) is 24.3. The number of aliphatic hydroxyl groups excluding tert-OH is 1. The zero-order valence-electron chi connectivity index (χ0n) is 32.7. The molecule has 0 unspecified atom stereocenters. The van der Waals surface area contributed by atoms with Gasteiger partial charge in [0.2, 0.25) is 11.8 Å². The Bertz CT molecular complexity index is 2250. The standard InChI is InChI=1S/C44H48N4O8Si/c1-28-42(57(3,4)35-18-16-34(55-2)17-19-35)39(25-41(51)45-22-8-12-33(45)27-49)56-44(28)36-24-32(48(53)54)15-20-38(36)46(43(44)52)26-29-9-7-11-31(23-29)47-37-13-6-5-10-30(37)14-21-40(47)50/h5-7,9-11,13,15-20,23-24,28,33,39,42,49H,8,12,14,21-22,25-27H2,1-4H3/t28-,33+,39+,42-,44+/m1/s1. The monoisotopic (exact) mass is 788 g/mol. The highest BCUT2D eigenvalue weighted by molar-refractivity contribution is 6.91. The molecule has 4 aromatic rings. The Labute approximate surface area is 333 Å². The summed E-state index contributed by atoms with van der Waals surface area (Å²) in [5.41, 5.74) is 2.26. The van der Waals surface area contributed by atoms with Gasteiger partial charge >= 0.3 is 0 Å². The van der Waals surface area contributed by atoms with Gasteiger partial charge in [0.25, 0.3) is 11.6 Å². The summed E-state index contributed by atoms with van der Waals surface area (Å²) in [5.74, 6) is -0.269. The molecule has 0 radical (unpaired) electrons. The molecule has 5 atom stereocenters. The number of nitro benzene ring substituents is 1. The molecule has 2 fully saturated rings. The number of hydrogen-bond acceptors (Lipinski definition) is 8. The molecule has 4 aliphatic rings. The number of aliphatic hydroxyl groups is 1. The Balaban J connectivity index is 1.20. The zero-order valence-corrected chi connectivity index (χ0v) is 33.7. The fourth-order valence-electron chi connectivity index (χ4n) is 10.1. The SMILES string of the molecule is COc1ccc([Si](C)(C)[C@H]2[C@H](CC(=O)N3CCC[C@H]3CO)O[C@@]3(C(=O)N(Cc4cccc(N5C(=O)CCc6ccccc65)c4)c4ccc([N+](=O)[O-])cc43)[C@@H]2C)cc1. The quantitative estimate of drug-likeness (QED) is 0.111. The fraction of sp³-hybridized carbons (Fsp3) is 0.386. The summed E-state index contributed by atoms with van der Waals surface area (Å²) in [4.78, 5) is 59.8. The topological polar surface area (TPSA) is 143 Å². The summed E-state index contributed by atoms with van der Waals surface area (Å²) in [6.45, 7) is 6.97. The molecule has 296 valence electrons. The highest BCUT2D eigenvalue weighted by Crippen LogP contribution is 2.60. The second-order valence-electron chi connectivity index (χ2n) is 16.3. The number of non-ortho nitro benzene ring substituents is 1. The number of nitrogens with zero attached hydrogens (tertiary/aromatic N) is 4. The number of likely N-dealkylation sites (tertiary alicyclic amines) is 1. The van der Waals surface area contributed by atoms with Gasteiger partial charge in [0.15, 0.2) is 5.60 Å². The third kappa shape index (κ3) is 6.41. The van der Waals surface area contributed by atoms with E-state index in [2.05, 4.69) is 13.1 Å². The van der Waals surface area contributed by atoms with Gasteiger partial charge in [-0.05, 0) is 72.3 Å². The van der Waals surface area contributed by atoms with Crippen LogP contribution in [0.3, 0.4) is 0 Å². The minimum atomic E-state index is -2.62. The van der Waals surface area contributed by atoms with Crippen LogP contribution in [-0.2, 0) is 37.7 Å². The van der Waals surface area contributed by atoms with Crippen molar-refractivity contribution in [1.82, 2.24) is 4.90 Å². The van der Waals surface area contributed by atoms with Gasteiger partial charge in [-0.3, -0.25) is 29.4 Å². The number of amides is 3. The molecular weight excluding hydrogens is 741 g/mol. The number of nitro groups is 1. The number of methoxy groups -OCH3 is 1. The van der Waals surface area contributed by atoms with E-state index in [1.807, 2.05) is 79.7 Å². The predicted octanol–water partition coefficient (Wildman–Crippen LogP) is 6.35. The van der Waals surface area contributed by atoms with Crippen LogP contribution in [0.2, 0.25) is 18.6 Å². The number of aryl methyl sites for hydroxylation is 1. The molecule has 0 aromatic heterocycles. The summed E-state index contributed by atoms with van der Waals surface area (Å²) in [6.07, 6.45) is 1.87. The first-order valence-corrected chi connectivity index (χ1v) is 22.8. The molecule has 8 rings (SSSR count). The Morgan fingerprint density at radius 2 is 1.77 bits per heavy atom. The lowest BCUT2D eigenvalue weighted by Gasteiger charge is -2.37. The minimum absolute atomic E-state index is 0.00473. The average molecular weight is 789 g/mol. The van der Waals surface area contributed by atoms with Crippen LogP contribution in [0.15, 0.2) is 91.0 Å². The van der Waals surface area contributed by atoms with E-state index in [0.717, 1.165) is 28.4 Å². The molecule has 13 heteroatoms. The number of benzene rings is 4. The zero-order chi connectivity index (χ0) is 40.2. The Hall–Kier alpha value is -5.37. The highest BCUT2D eigenvalue weighted by Gasteiger charge is 2.67. The van der Waals surface area contributed by atoms with Crippen molar-refractivity contribution in [3.05, 3.63) is 118 Å². The van der Waals surface area contributed by atoms with Crippen molar-refractivity contribution in [2.24, 2.45) is 5.92 Å². The van der Waals surface area contributed by atoms with Crippen LogP contribution in [0.5, 0.6) is 5.75 Å². The maximum atomic E-state index is 15.4. The molecule has 1 spiro atoms. The maximum Gasteiger partial charge on any atom is 0.269 e. The minimum Gasteiger partial charge on any atom is -0.497 e. The lowest BCUT2D eigenvalue weighted by atomic mass is 9.82. The van der Waals surface area contributed by atoms with Crippen LogP contribution in [0, 0.1) is 16.0 Å². The van der Waals surface area contributed by atoms with Gasteiger partial charge in [0, 0.05) is 42.3 Å². The third-order valence-corrected chi connectivity index (χ3v) is 17.3. The molecule has 0 aliphatic carbocycles. The van der Waals surface area contributed by atoms with Gasteiger partial charge in [-0.2, -0.15) is 0 Å². The van der Waals surface area contributed by atoms with Gasteiger partial charge in [-0.15, -0.1) is 0 Å². The van der Waals surface area contributed by atoms with Crippen molar-refractivity contribution in [3.63, 3.8) is 0 Å². The second kappa shape index (κ2) is 14.9. The molecule has 4 heterocycles. The van der Waals surface area contributed by atoms with Crippen molar-refractivity contribution in [3.8, 4) is 5.75 Å². The second-order valence-corrected chi connectivity index (χ2v) is 21.0. The van der Waals surface area contributed by atoms with Crippen LogP contribution >= 0.6 is 0 Å². The molecule has 12 nitrogen and oxygen atoms in total. The van der Waals surface area contributed by atoms with E-state index in [9.17, 15) is 24.8 Å². The Morgan fingerprint density at radius 3 is 2.51 bits per heavy atom. The lowest BCUT2D eigenvalue weighted by molar-refractivity contribution is -0.385. The molecule has 57 heavy (non-hydrogen) atoms. The number of ether oxygens (including phenoxy) is 2. The van der Waals surface area contributed by atoms with Crippen molar-refractivity contribution < 1.29 is 33.9 Å². The predicted molar refractivity (Wildman–Crippen MR) is 219 cm³/mol. The summed E-state index contributed by atoms with van der Waals surface area (Å²) < 4.78 is 12.6. The summed E-state index contributed by atoms with van der Waals surface area (Å²) in [6, 6.07) is 27.6. The van der Waals surface area contributed by atoms with E-state index in [1.165, 1.54) is 12.1 Å². The van der Waals surface area contributed by atoms with Crippen LogP contribution in [-0.4, -0.2) is 73.1 Å². The van der Waals surface area contributed by atoms with Gasteiger partial charge in [-0.1, -0.05) is 67.7 Å². The molecule has 0 bridgehead atoms. The van der Waals surface area contributed by atoms with Gasteiger partial charge in [-0.25, -0.2) is 0 Å². The highest BCUT2D eigenvalue weighted by atomic mass is 28.3. The van der Waals surface area contributed by atoms with Gasteiger partial charge < -0.3 is 24.4 Å². The Kier molecular flexibility index (Phi) is 10.0. The van der Waals surface area contributed by atoms with Crippen molar-refractivity contribution in [1.29, 1.82) is 0 Å². The summed E-state index contributed by atoms with van der Waals surface area (Å²) >= 11 is 0. The summed E-state index contributed by atoms with van der Waals surface area (Å²) in [7, 11) is -1.01. The lowest BCUT2D eigenvalue weighted by Crippen LogP contribution is -2.52. The van der Waals surface area contributed by atoms with E-state index in [-0.39, 0.29) is 54.6 Å². The average Bonchev–Trinajstić information content (AvgIpc) is 3.88. The Morgan fingerprint density at radius 1 is 1.00 bits per heavy atom. The first kappa shape index (κ1) is 38.5. The van der Waals surface area contributed by atoms with E-state index in [1.54, 1.807) is 27.9 Å². The molecular formula is C44H48N4O8Si. The number of rotatable bonds is 10. The largest absolute Gasteiger partial charge is 0.497 e. The van der Waals surface area contributed by atoms with Crippen LogP contribution in [0.4, 0.5) is 22.7 Å². The number of carbonyl (C=O) groups is 3. The number of anilines is 3. The maximum absolute atomic E-state index is 15.4. The van der Waals surface area contributed by atoms with Crippen molar-refractivity contribution in [2.45, 2.75) is 82.0 Å². The van der Waals surface area contributed by atoms with Crippen LogP contribution in [0.1, 0.15) is 49.3 Å².